The third kappa shape index (κ3) is 5.09. The van der Waals surface area contributed by atoms with Gasteiger partial charge in [0.1, 0.15) is 5.75 Å². The first-order valence-electron chi connectivity index (χ1n) is 7.62. The van der Waals surface area contributed by atoms with Crippen LogP contribution in [0.5, 0.6) is 23.0 Å². The van der Waals surface area contributed by atoms with Gasteiger partial charge >= 0.3 is 0 Å². The van der Waals surface area contributed by atoms with Crippen molar-refractivity contribution in [3.8, 4) is 23.0 Å². The van der Waals surface area contributed by atoms with Gasteiger partial charge in [-0.3, -0.25) is 4.79 Å². The molecular formula is C18H19Cl2NO5. The molecule has 0 aromatic heterocycles. The highest BCUT2D eigenvalue weighted by molar-refractivity contribution is 6.42. The van der Waals surface area contributed by atoms with Crippen LogP contribution in [0.1, 0.15) is 5.56 Å². The quantitative estimate of drug-likeness (QED) is 0.732. The maximum atomic E-state index is 12.0. The summed E-state index contributed by atoms with van der Waals surface area (Å²) >= 11 is 11.7. The highest BCUT2D eigenvalue weighted by atomic mass is 35.5. The minimum Gasteiger partial charge on any atom is -0.493 e. The van der Waals surface area contributed by atoms with E-state index in [0.29, 0.717) is 33.0 Å². The molecule has 0 aliphatic rings. The summed E-state index contributed by atoms with van der Waals surface area (Å²) in [5.41, 5.74) is 0.794. The van der Waals surface area contributed by atoms with Crippen molar-refractivity contribution in [2.45, 2.75) is 6.54 Å². The number of hydrogen-bond acceptors (Lipinski definition) is 5. The summed E-state index contributed by atoms with van der Waals surface area (Å²) in [6.45, 7) is 0.128. The Morgan fingerprint density at radius 1 is 0.962 bits per heavy atom. The van der Waals surface area contributed by atoms with Crippen molar-refractivity contribution < 1.29 is 23.7 Å². The minimum atomic E-state index is -0.287. The molecule has 6 nitrogen and oxygen atoms in total. The lowest BCUT2D eigenvalue weighted by atomic mass is 10.1. The second-order valence-corrected chi connectivity index (χ2v) is 5.99. The van der Waals surface area contributed by atoms with Crippen molar-refractivity contribution in [3.05, 3.63) is 45.9 Å². The maximum absolute atomic E-state index is 12.0. The Labute approximate surface area is 161 Å². The molecule has 0 fully saturated rings. The smallest absolute Gasteiger partial charge is 0.258 e. The summed E-state index contributed by atoms with van der Waals surface area (Å²) in [5.74, 6) is 1.70. The van der Waals surface area contributed by atoms with Crippen molar-refractivity contribution in [2.24, 2.45) is 0 Å². The zero-order chi connectivity index (χ0) is 19.1. The Balaban J connectivity index is 1.95. The molecule has 8 heteroatoms. The Morgan fingerprint density at radius 2 is 1.62 bits per heavy atom. The number of methoxy groups -OCH3 is 3. The third-order valence-corrected chi connectivity index (χ3v) is 4.21. The van der Waals surface area contributed by atoms with Crippen LogP contribution < -0.4 is 24.3 Å². The van der Waals surface area contributed by atoms with E-state index in [1.165, 1.54) is 21.3 Å². The van der Waals surface area contributed by atoms with Gasteiger partial charge in [0.2, 0.25) is 5.75 Å². The number of carbonyl (C=O) groups excluding carboxylic acids is 1. The molecule has 0 saturated heterocycles. The van der Waals surface area contributed by atoms with E-state index in [9.17, 15) is 4.79 Å². The number of rotatable bonds is 8. The van der Waals surface area contributed by atoms with E-state index < -0.39 is 0 Å². The second kappa shape index (κ2) is 9.40. The van der Waals surface area contributed by atoms with Gasteiger partial charge in [0.05, 0.1) is 31.4 Å². The average Bonchev–Trinajstić information content (AvgIpc) is 2.66. The van der Waals surface area contributed by atoms with Crippen LogP contribution in [-0.4, -0.2) is 33.8 Å². The Morgan fingerprint density at radius 3 is 2.15 bits per heavy atom. The molecule has 1 N–H and O–H groups in total. The normalized spacial score (nSPS) is 10.2. The second-order valence-electron chi connectivity index (χ2n) is 5.17. The van der Waals surface area contributed by atoms with Crippen LogP contribution in [0, 0.1) is 0 Å². The van der Waals surface area contributed by atoms with E-state index in [-0.39, 0.29) is 19.1 Å². The molecule has 0 bridgehead atoms. The molecule has 0 radical (unpaired) electrons. The van der Waals surface area contributed by atoms with Crippen molar-refractivity contribution >= 4 is 29.1 Å². The topological polar surface area (TPSA) is 66.0 Å². The molecule has 1 amide bonds. The number of nitrogens with one attached hydrogen (secondary N) is 1. The van der Waals surface area contributed by atoms with Crippen LogP contribution in [0.4, 0.5) is 0 Å². The van der Waals surface area contributed by atoms with E-state index in [4.69, 9.17) is 42.1 Å². The first-order chi connectivity index (χ1) is 12.5. The standard InChI is InChI=1S/C18H19Cl2NO5/c1-23-15-6-11(7-16(24-2)18(15)25-3)9-21-17(22)10-26-12-4-5-13(19)14(20)8-12/h4-8H,9-10H2,1-3H3,(H,21,22). The highest BCUT2D eigenvalue weighted by Crippen LogP contribution is 2.38. The Kier molecular flexibility index (Phi) is 7.24. The van der Waals surface area contributed by atoms with Crippen molar-refractivity contribution in [1.82, 2.24) is 5.32 Å². The lowest BCUT2D eigenvalue weighted by Gasteiger charge is -2.14. The molecule has 0 atom stereocenters. The fraction of sp³-hybridized carbons (Fsp3) is 0.278. The molecule has 140 valence electrons. The molecule has 0 unspecified atom stereocenters. The number of ether oxygens (including phenoxy) is 4. The van der Waals surface area contributed by atoms with E-state index in [0.717, 1.165) is 5.56 Å². The third-order valence-electron chi connectivity index (χ3n) is 3.48. The Hall–Kier alpha value is -2.31. The van der Waals surface area contributed by atoms with Gasteiger partial charge in [-0.25, -0.2) is 0 Å². The summed E-state index contributed by atoms with van der Waals surface area (Å²) < 4.78 is 21.2. The van der Waals surface area contributed by atoms with E-state index in [1.54, 1.807) is 30.3 Å². The van der Waals surface area contributed by atoms with Gasteiger partial charge in [-0.15, -0.1) is 0 Å². The largest absolute Gasteiger partial charge is 0.493 e. The van der Waals surface area contributed by atoms with Gasteiger partial charge < -0.3 is 24.3 Å². The predicted molar refractivity (Wildman–Crippen MR) is 99.9 cm³/mol. The summed E-state index contributed by atoms with van der Waals surface area (Å²) in [6.07, 6.45) is 0. The van der Waals surface area contributed by atoms with E-state index in [2.05, 4.69) is 5.32 Å². The summed E-state index contributed by atoms with van der Waals surface area (Å²) in [6, 6.07) is 8.33. The molecule has 0 saturated carbocycles. The van der Waals surface area contributed by atoms with Crippen molar-refractivity contribution in [1.29, 1.82) is 0 Å². The molecule has 0 heterocycles. The van der Waals surface area contributed by atoms with Crippen molar-refractivity contribution in [3.63, 3.8) is 0 Å². The fourth-order valence-corrected chi connectivity index (χ4v) is 2.49. The van der Waals surface area contributed by atoms with Gasteiger partial charge in [-0.1, -0.05) is 23.2 Å². The molecule has 2 aromatic carbocycles. The van der Waals surface area contributed by atoms with Crippen LogP contribution in [0.2, 0.25) is 10.0 Å². The number of halogens is 2. The van der Waals surface area contributed by atoms with Crippen LogP contribution >= 0.6 is 23.2 Å². The summed E-state index contributed by atoms with van der Waals surface area (Å²) in [7, 11) is 4.59. The number of amides is 1. The van der Waals surface area contributed by atoms with E-state index in [1.807, 2.05) is 0 Å². The zero-order valence-electron chi connectivity index (χ0n) is 14.6. The van der Waals surface area contributed by atoms with Crippen LogP contribution in [0.15, 0.2) is 30.3 Å². The zero-order valence-corrected chi connectivity index (χ0v) is 16.1. The molecule has 0 aliphatic carbocycles. The van der Waals surface area contributed by atoms with Crippen LogP contribution in [-0.2, 0) is 11.3 Å². The maximum Gasteiger partial charge on any atom is 0.258 e. The fourth-order valence-electron chi connectivity index (χ4n) is 2.20. The van der Waals surface area contributed by atoms with Gasteiger partial charge in [0, 0.05) is 12.6 Å². The van der Waals surface area contributed by atoms with E-state index >= 15 is 0 Å². The molecule has 0 spiro atoms. The van der Waals surface area contributed by atoms with Crippen molar-refractivity contribution in [2.75, 3.05) is 27.9 Å². The first kappa shape index (κ1) is 20.0. The summed E-state index contributed by atoms with van der Waals surface area (Å²) in [5, 5.41) is 3.55. The Bertz CT molecular complexity index is 757. The highest BCUT2D eigenvalue weighted by Gasteiger charge is 2.13. The van der Waals surface area contributed by atoms with Gasteiger partial charge in [0.15, 0.2) is 18.1 Å². The molecule has 26 heavy (non-hydrogen) atoms. The molecule has 2 rings (SSSR count). The number of hydrogen-bond donors (Lipinski definition) is 1. The predicted octanol–water partition coefficient (Wildman–Crippen LogP) is 3.71. The van der Waals surface area contributed by atoms with Gasteiger partial charge in [0.25, 0.3) is 5.91 Å². The molecular weight excluding hydrogens is 381 g/mol. The molecule has 0 aliphatic heterocycles. The van der Waals surface area contributed by atoms with Gasteiger partial charge in [-0.2, -0.15) is 0 Å². The molecule has 2 aromatic rings. The van der Waals surface area contributed by atoms with Gasteiger partial charge in [-0.05, 0) is 29.8 Å². The monoisotopic (exact) mass is 399 g/mol. The lowest BCUT2D eigenvalue weighted by molar-refractivity contribution is -0.123. The average molecular weight is 400 g/mol. The minimum absolute atomic E-state index is 0.150. The number of benzene rings is 2. The number of carbonyl (C=O) groups is 1. The van der Waals surface area contributed by atoms with Crippen LogP contribution in [0.3, 0.4) is 0 Å². The lowest BCUT2D eigenvalue weighted by Crippen LogP contribution is -2.28. The van der Waals surface area contributed by atoms with Crippen LogP contribution in [0.25, 0.3) is 0 Å². The SMILES string of the molecule is COc1cc(CNC(=O)COc2ccc(Cl)c(Cl)c2)cc(OC)c1OC. The first-order valence-corrected chi connectivity index (χ1v) is 8.37. The summed E-state index contributed by atoms with van der Waals surface area (Å²) in [4.78, 5) is 12.0.